The average Bonchev–Trinajstić information content (AvgIpc) is 3.37. The standard InChI is InChI=1S/C35H42N8O/c1-26-7-11-32(27(2)38-33-13-9-29(10-14-33)24-42-18-16-41(4)17-19-42)21-31(26)12-8-30-22-36-35(37-23-30)39-34-25-43(40-28(34)3)15-6-20-44-5/h7,9-11,13-14,21-23,25,38H,2,6,15-20,24H2,1,3-5H3,(H,36,37,39). The van der Waals surface area contributed by atoms with Gasteiger partial charge in [0.25, 0.3) is 0 Å². The molecule has 9 nitrogen and oxygen atoms in total. The number of hydrogen-bond acceptors (Lipinski definition) is 8. The van der Waals surface area contributed by atoms with Crippen molar-refractivity contribution < 1.29 is 4.74 Å². The summed E-state index contributed by atoms with van der Waals surface area (Å²) in [5.74, 6) is 7.00. The van der Waals surface area contributed by atoms with E-state index in [4.69, 9.17) is 4.74 Å². The number of piperazine rings is 1. The number of methoxy groups -OCH3 is 1. The third kappa shape index (κ3) is 8.54. The third-order valence-corrected chi connectivity index (χ3v) is 7.76. The van der Waals surface area contributed by atoms with Crippen molar-refractivity contribution in [3.8, 4) is 11.8 Å². The molecular formula is C35H42N8O. The molecule has 2 aromatic heterocycles. The van der Waals surface area contributed by atoms with Crippen LogP contribution in [0.5, 0.6) is 0 Å². The molecule has 228 valence electrons. The van der Waals surface area contributed by atoms with Crippen molar-refractivity contribution in [3.63, 3.8) is 0 Å². The number of aromatic nitrogens is 4. The van der Waals surface area contributed by atoms with E-state index in [2.05, 4.69) is 110 Å². The molecule has 1 aliphatic heterocycles. The molecule has 0 aliphatic carbocycles. The van der Waals surface area contributed by atoms with E-state index < -0.39 is 0 Å². The highest BCUT2D eigenvalue weighted by Gasteiger charge is 2.14. The molecule has 3 heterocycles. The number of anilines is 3. The number of likely N-dealkylation sites (N-methyl/N-ethyl adjacent to an activating group) is 1. The molecule has 9 heteroatoms. The van der Waals surface area contributed by atoms with Crippen LogP contribution in [0.25, 0.3) is 5.70 Å². The van der Waals surface area contributed by atoms with Gasteiger partial charge in [-0.15, -0.1) is 0 Å². The molecule has 0 unspecified atom stereocenters. The number of ether oxygens (including phenoxy) is 1. The maximum atomic E-state index is 5.13. The molecule has 5 rings (SSSR count). The number of aryl methyl sites for hydroxylation is 3. The van der Waals surface area contributed by atoms with Crippen LogP contribution >= 0.6 is 0 Å². The van der Waals surface area contributed by atoms with Gasteiger partial charge in [-0.05, 0) is 62.2 Å². The lowest BCUT2D eigenvalue weighted by atomic mass is 10.0. The van der Waals surface area contributed by atoms with Gasteiger partial charge in [0.15, 0.2) is 0 Å². The first-order valence-corrected chi connectivity index (χ1v) is 15.1. The highest BCUT2D eigenvalue weighted by atomic mass is 16.5. The molecule has 0 radical (unpaired) electrons. The second-order valence-electron chi connectivity index (χ2n) is 11.3. The SMILES string of the molecule is C=C(Nc1ccc(CN2CCN(C)CC2)cc1)c1ccc(C)c(C#Cc2cnc(Nc3cn(CCCOC)nc3C)nc2)c1. The van der Waals surface area contributed by atoms with Crippen molar-refractivity contribution >= 4 is 23.0 Å². The second kappa shape index (κ2) is 14.8. The van der Waals surface area contributed by atoms with E-state index in [1.54, 1.807) is 19.5 Å². The van der Waals surface area contributed by atoms with Crippen molar-refractivity contribution in [1.29, 1.82) is 0 Å². The zero-order valence-corrected chi connectivity index (χ0v) is 26.2. The fraction of sp³-hybridized carbons (Fsp3) is 0.343. The van der Waals surface area contributed by atoms with E-state index >= 15 is 0 Å². The summed E-state index contributed by atoms with van der Waals surface area (Å²) in [4.78, 5) is 13.8. The number of hydrogen-bond donors (Lipinski definition) is 2. The Labute approximate surface area is 261 Å². The normalized spacial score (nSPS) is 13.7. The summed E-state index contributed by atoms with van der Waals surface area (Å²) in [6.07, 6.45) is 6.33. The van der Waals surface area contributed by atoms with Crippen LogP contribution < -0.4 is 10.6 Å². The van der Waals surface area contributed by atoms with Crippen LogP contribution in [0, 0.1) is 25.7 Å². The summed E-state index contributed by atoms with van der Waals surface area (Å²) in [6, 6.07) is 14.9. The van der Waals surface area contributed by atoms with Crippen molar-refractivity contribution in [2.45, 2.75) is 33.4 Å². The maximum absolute atomic E-state index is 5.13. The molecule has 0 saturated carbocycles. The van der Waals surface area contributed by atoms with Gasteiger partial charge >= 0.3 is 0 Å². The molecule has 0 amide bonds. The van der Waals surface area contributed by atoms with Gasteiger partial charge < -0.3 is 20.3 Å². The summed E-state index contributed by atoms with van der Waals surface area (Å²) in [5.41, 5.74) is 8.71. The van der Waals surface area contributed by atoms with Crippen LogP contribution in [0.4, 0.5) is 17.3 Å². The fourth-order valence-corrected chi connectivity index (χ4v) is 4.99. The molecule has 0 bridgehead atoms. The number of nitrogens with one attached hydrogen (secondary N) is 2. The summed E-state index contributed by atoms with van der Waals surface area (Å²) in [6.45, 7) is 15.3. The van der Waals surface area contributed by atoms with E-state index in [9.17, 15) is 0 Å². The number of benzene rings is 2. The Kier molecular flexibility index (Phi) is 10.4. The molecule has 0 atom stereocenters. The van der Waals surface area contributed by atoms with E-state index in [0.29, 0.717) is 12.6 Å². The Bertz CT molecular complexity index is 1610. The highest BCUT2D eigenvalue weighted by Crippen LogP contribution is 2.21. The quantitative estimate of drug-likeness (QED) is 0.180. The third-order valence-electron chi connectivity index (χ3n) is 7.76. The van der Waals surface area contributed by atoms with E-state index in [1.807, 2.05) is 17.8 Å². The minimum Gasteiger partial charge on any atom is -0.385 e. The van der Waals surface area contributed by atoms with Crippen LogP contribution in [-0.2, 0) is 17.8 Å². The lowest BCUT2D eigenvalue weighted by Gasteiger charge is -2.32. The summed E-state index contributed by atoms with van der Waals surface area (Å²) >= 11 is 0. The zero-order chi connectivity index (χ0) is 30.9. The monoisotopic (exact) mass is 590 g/mol. The Balaban J connectivity index is 1.18. The zero-order valence-electron chi connectivity index (χ0n) is 26.2. The Morgan fingerprint density at radius 1 is 1.00 bits per heavy atom. The fourth-order valence-electron chi connectivity index (χ4n) is 4.99. The minimum absolute atomic E-state index is 0.503. The van der Waals surface area contributed by atoms with Crippen molar-refractivity contribution in [2.75, 3.05) is 57.6 Å². The van der Waals surface area contributed by atoms with Crippen molar-refractivity contribution in [3.05, 3.63) is 101 Å². The van der Waals surface area contributed by atoms with Crippen LogP contribution in [0.1, 0.15) is 39.9 Å². The molecule has 1 aliphatic rings. The van der Waals surface area contributed by atoms with Gasteiger partial charge in [-0.3, -0.25) is 9.58 Å². The van der Waals surface area contributed by atoms with Crippen LogP contribution in [0.2, 0.25) is 0 Å². The summed E-state index contributed by atoms with van der Waals surface area (Å²) < 4.78 is 7.03. The Morgan fingerprint density at radius 2 is 1.75 bits per heavy atom. The van der Waals surface area contributed by atoms with E-state index in [-0.39, 0.29) is 0 Å². The van der Waals surface area contributed by atoms with Crippen molar-refractivity contribution in [2.24, 2.45) is 0 Å². The molecule has 44 heavy (non-hydrogen) atoms. The van der Waals surface area contributed by atoms with Gasteiger partial charge in [0.05, 0.1) is 16.9 Å². The van der Waals surface area contributed by atoms with Gasteiger partial charge in [-0.2, -0.15) is 5.10 Å². The molecule has 2 aromatic carbocycles. The molecule has 0 spiro atoms. The Hall–Kier alpha value is -4.49. The number of nitrogens with zero attached hydrogens (tertiary/aromatic N) is 6. The lowest BCUT2D eigenvalue weighted by Crippen LogP contribution is -2.43. The largest absolute Gasteiger partial charge is 0.385 e. The highest BCUT2D eigenvalue weighted by molar-refractivity contribution is 5.76. The predicted molar refractivity (Wildman–Crippen MR) is 178 cm³/mol. The van der Waals surface area contributed by atoms with E-state index in [1.165, 1.54) is 5.56 Å². The first kappa shape index (κ1) is 31.0. The van der Waals surface area contributed by atoms with Crippen molar-refractivity contribution in [1.82, 2.24) is 29.5 Å². The molecular weight excluding hydrogens is 548 g/mol. The van der Waals surface area contributed by atoms with Crippen LogP contribution in [0.3, 0.4) is 0 Å². The lowest BCUT2D eigenvalue weighted by molar-refractivity contribution is 0.148. The molecule has 2 N–H and O–H groups in total. The number of rotatable bonds is 11. The molecule has 1 saturated heterocycles. The summed E-state index contributed by atoms with van der Waals surface area (Å²) in [5, 5.41) is 11.3. The van der Waals surface area contributed by atoms with Gasteiger partial charge in [0, 0.05) is 88.5 Å². The smallest absolute Gasteiger partial charge is 0.227 e. The van der Waals surface area contributed by atoms with Crippen LogP contribution in [0.15, 0.2) is 67.6 Å². The topological polar surface area (TPSA) is 83.4 Å². The van der Waals surface area contributed by atoms with Crippen LogP contribution in [-0.4, -0.2) is 76.5 Å². The molecule has 4 aromatic rings. The predicted octanol–water partition coefficient (Wildman–Crippen LogP) is 5.30. The Morgan fingerprint density at radius 3 is 2.48 bits per heavy atom. The van der Waals surface area contributed by atoms with Gasteiger partial charge in [0.1, 0.15) is 0 Å². The van der Waals surface area contributed by atoms with Gasteiger partial charge in [-0.1, -0.05) is 42.7 Å². The van der Waals surface area contributed by atoms with E-state index in [0.717, 1.165) is 90.7 Å². The summed E-state index contributed by atoms with van der Waals surface area (Å²) in [7, 11) is 3.89. The van der Waals surface area contributed by atoms with Gasteiger partial charge in [-0.25, -0.2) is 9.97 Å². The second-order valence-corrected chi connectivity index (χ2v) is 11.3. The first-order chi connectivity index (χ1) is 21.4. The first-order valence-electron chi connectivity index (χ1n) is 15.1. The maximum Gasteiger partial charge on any atom is 0.227 e. The van der Waals surface area contributed by atoms with Gasteiger partial charge in [0.2, 0.25) is 5.95 Å². The average molecular weight is 591 g/mol. The molecule has 1 fully saturated rings. The minimum atomic E-state index is 0.503.